The minimum absolute atomic E-state index is 0.0443. The molecule has 2 heterocycles. The normalized spacial score (nSPS) is 12.0. The van der Waals surface area contributed by atoms with Gasteiger partial charge in [-0.1, -0.05) is 60.7 Å². The maximum absolute atomic E-state index is 12.9. The molecule has 0 saturated heterocycles. The Morgan fingerprint density at radius 1 is 0.969 bits per heavy atom. The van der Waals surface area contributed by atoms with Crippen molar-refractivity contribution in [3.05, 3.63) is 120 Å². The van der Waals surface area contributed by atoms with Gasteiger partial charge < -0.3 is 10.3 Å². The Balaban J connectivity index is 1.34. The molecular formula is C26H23N5O. The van der Waals surface area contributed by atoms with Crippen LogP contribution in [0.3, 0.4) is 0 Å². The van der Waals surface area contributed by atoms with E-state index in [1.165, 1.54) is 22.8 Å². The van der Waals surface area contributed by atoms with Crippen LogP contribution < -0.4 is 5.32 Å². The summed E-state index contributed by atoms with van der Waals surface area (Å²) >= 11 is 0. The molecule has 0 aliphatic heterocycles. The molecule has 0 spiro atoms. The fourth-order valence-electron chi connectivity index (χ4n) is 4.03. The molecule has 32 heavy (non-hydrogen) atoms. The van der Waals surface area contributed by atoms with Gasteiger partial charge in [0.2, 0.25) is 0 Å². The van der Waals surface area contributed by atoms with E-state index >= 15 is 0 Å². The van der Waals surface area contributed by atoms with Crippen LogP contribution in [0.15, 0.2) is 97.7 Å². The number of H-pyrrole nitrogens is 1. The summed E-state index contributed by atoms with van der Waals surface area (Å²) in [7, 11) is 0. The predicted molar refractivity (Wildman–Crippen MR) is 124 cm³/mol. The first-order valence-corrected chi connectivity index (χ1v) is 10.6. The molecule has 0 fully saturated rings. The van der Waals surface area contributed by atoms with E-state index in [2.05, 4.69) is 44.6 Å². The van der Waals surface area contributed by atoms with E-state index in [9.17, 15) is 4.79 Å². The first-order chi connectivity index (χ1) is 15.8. The second-order valence-corrected chi connectivity index (χ2v) is 7.75. The molecule has 0 saturated carbocycles. The number of para-hydroxylation sites is 1. The number of amides is 1. The van der Waals surface area contributed by atoms with E-state index in [1.807, 2.05) is 60.8 Å². The molecule has 1 atom stereocenters. The Morgan fingerprint density at radius 2 is 1.75 bits per heavy atom. The zero-order valence-corrected chi connectivity index (χ0v) is 17.5. The lowest BCUT2D eigenvalue weighted by molar-refractivity contribution is 0.0952. The molecule has 5 aromatic rings. The van der Waals surface area contributed by atoms with Crippen molar-refractivity contribution in [1.82, 2.24) is 25.1 Å². The van der Waals surface area contributed by atoms with Gasteiger partial charge in [-0.2, -0.15) is 5.10 Å². The van der Waals surface area contributed by atoms with Crippen molar-refractivity contribution in [3.63, 3.8) is 0 Å². The molecule has 2 aromatic heterocycles. The molecule has 0 aliphatic carbocycles. The lowest BCUT2D eigenvalue weighted by Crippen LogP contribution is -2.28. The summed E-state index contributed by atoms with van der Waals surface area (Å²) in [5, 5.41) is 8.43. The monoisotopic (exact) mass is 421 g/mol. The second-order valence-electron chi connectivity index (χ2n) is 7.75. The van der Waals surface area contributed by atoms with Crippen molar-refractivity contribution in [2.45, 2.75) is 12.5 Å². The molecule has 3 aromatic carbocycles. The zero-order valence-electron chi connectivity index (χ0n) is 17.5. The van der Waals surface area contributed by atoms with Gasteiger partial charge in [0, 0.05) is 35.1 Å². The van der Waals surface area contributed by atoms with Crippen LogP contribution in [0.1, 0.15) is 33.0 Å². The molecule has 0 bridgehead atoms. The van der Waals surface area contributed by atoms with Gasteiger partial charge in [-0.3, -0.25) is 4.79 Å². The highest BCUT2D eigenvalue weighted by molar-refractivity contribution is 5.94. The van der Waals surface area contributed by atoms with Crippen LogP contribution in [0.25, 0.3) is 10.9 Å². The van der Waals surface area contributed by atoms with E-state index < -0.39 is 0 Å². The number of carbonyl (C=O) groups is 1. The summed E-state index contributed by atoms with van der Waals surface area (Å²) < 4.78 is 1.75. The standard InChI is InChI=1S/C26H23N5O/c32-26(21-12-10-19(11-13-21)16-31-18-27-17-30-31)29-14-23(20-6-2-1-3-7-20)24-15-28-25-9-5-4-8-22(24)25/h1-13,15,17-18,23,28H,14,16H2,(H,29,32). The van der Waals surface area contributed by atoms with Crippen LogP contribution in [0.4, 0.5) is 0 Å². The van der Waals surface area contributed by atoms with E-state index in [-0.39, 0.29) is 11.8 Å². The van der Waals surface area contributed by atoms with E-state index in [0.717, 1.165) is 11.1 Å². The number of nitrogens with zero attached hydrogens (tertiary/aromatic N) is 3. The van der Waals surface area contributed by atoms with Gasteiger partial charge >= 0.3 is 0 Å². The first kappa shape index (κ1) is 19.8. The summed E-state index contributed by atoms with van der Waals surface area (Å²) in [5.74, 6) is -0.0408. The lowest BCUT2D eigenvalue weighted by Gasteiger charge is -2.18. The highest BCUT2D eigenvalue weighted by Gasteiger charge is 2.19. The molecule has 1 amide bonds. The Labute approximate surface area is 185 Å². The molecular weight excluding hydrogens is 398 g/mol. The number of aromatic amines is 1. The smallest absolute Gasteiger partial charge is 0.251 e. The summed E-state index contributed by atoms with van der Waals surface area (Å²) in [5.41, 5.74) is 5.14. The topological polar surface area (TPSA) is 75.6 Å². The number of fused-ring (bicyclic) bond motifs is 1. The minimum Gasteiger partial charge on any atom is -0.361 e. The highest BCUT2D eigenvalue weighted by atomic mass is 16.1. The van der Waals surface area contributed by atoms with Gasteiger partial charge in [0.1, 0.15) is 12.7 Å². The molecule has 0 aliphatic rings. The number of hydrogen-bond donors (Lipinski definition) is 2. The third-order valence-electron chi connectivity index (χ3n) is 5.69. The zero-order chi connectivity index (χ0) is 21.8. The Morgan fingerprint density at radius 3 is 2.53 bits per heavy atom. The average Bonchev–Trinajstić information content (AvgIpc) is 3.51. The summed E-state index contributed by atoms with van der Waals surface area (Å²) in [6.07, 6.45) is 5.24. The van der Waals surface area contributed by atoms with Gasteiger partial charge in [0.15, 0.2) is 0 Å². The van der Waals surface area contributed by atoms with Crippen LogP contribution in [0.2, 0.25) is 0 Å². The number of benzene rings is 3. The van der Waals surface area contributed by atoms with Crippen LogP contribution in [-0.4, -0.2) is 32.2 Å². The van der Waals surface area contributed by atoms with Gasteiger partial charge in [-0.15, -0.1) is 0 Å². The van der Waals surface area contributed by atoms with Crippen molar-refractivity contribution >= 4 is 16.8 Å². The van der Waals surface area contributed by atoms with Crippen molar-refractivity contribution in [2.75, 3.05) is 6.54 Å². The Hall–Kier alpha value is -4.19. The van der Waals surface area contributed by atoms with E-state index in [0.29, 0.717) is 18.7 Å². The van der Waals surface area contributed by atoms with Crippen LogP contribution in [0.5, 0.6) is 0 Å². The lowest BCUT2D eigenvalue weighted by atomic mass is 9.91. The average molecular weight is 422 g/mol. The maximum atomic E-state index is 12.9. The van der Waals surface area contributed by atoms with E-state index in [1.54, 1.807) is 11.0 Å². The van der Waals surface area contributed by atoms with Crippen LogP contribution >= 0.6 is 0 Å². The number of aromatic nitrogens is 4. The number of rotatable bonds is 7. The highest BCUT2D eigenvalue weighted by Crippen LogP contribution is 2.30. The molecule has 2 N–H and O–H groups in total. The van der Waals surface area contributed by atoms with Crippen molar-refractivity contribution in [2.24, 2.45) is 0 Å². The van der Waals surface area contributed by atoms with Crippen molar-refractivity contribution < 1.29 is 4.79 Å². The first-order valence-electron chi connectivity index (χ1n) is 10.6. The van der Waals surface area contributed by atoms with Crippen molar-refractivity contribution in [3.8, 4) is 0 Å². The quantitative estimate of drug-likeness (QED) is 0.410. The summed E-state index contributed by atoms with van der Waals surface area (Å²) in [4.78, 5) is 20.2. The van der Waals surface area contributed by atoms with Gasteiger partial charge in [-0.25, -0.2) is 9.67 Å². The molecule has 6 nitrogen and oxygen atoms in total. The van der Waals surface area contributed by atoms with Gasteiger partial charge in [0.25, 0.3) is 5.91 Å². The predicted octanol–water partition coefficient (Wildman–Crippen LogP) is 4.37. The van der Waals surface area contributed by atoms with Gasteiger partial charge in [-0.05, 0) is 34.9 Å². The second kappa shape index (κ2) is 8.89. The summed E-state index contributed by atoms with van der Waals surface area (Å²) in [6.45, 7) is 1.13. The number of hydrogen-bond acceptors (Lipinski definition) is 3. The fourth-order valence-corrected chi connectivity index (χ4v) is 4.03. The third-order valence-corrected chi connectivity index (χ3v) is 5.69. The molecule has 5 rings (SSSR count). The Bertz CT molecular complexity index is 1310. The number of carbonyl (C=O) groups excluding carboxylic acids is 1. The van der Waals surface area contributed by atoms with E-state index in [4.69, 9.17) is 0 Å². The summed E-state index contributed by atoms with van der Waals surface area (Å²) in [6, 6.07) is 26.2. The minimum atomic E-state index is -0.0851. The molecule has 6 heteroatoms. The van der Waals surface area contributed by atoms with Crippen molar-refractivity contribution in [1.29, 1.82) is 0 Å². The Kier molecular flexibility index (Phi) is 5.49. The largest absolute Gasteiger partial charge is 0.361 e. The SMILES string of the molecule is O=C(NCC(c1ccccc1)c1c[nH]c2ccccc12)c1ccc(Cn2cncn2)cc1. The van der Waals surface area contributed by atoms with Crippen LogP contribution in [-0.2, 0) is 6.54 Å². The maximum Gasteiger partial charge on any atom is 0.251 e. The fraction of sp³-hybridized carbons (Fsp3) is 0.115. The molecule has 0 radical (unpaired) electrons. The van der Waals surface area contributed by atoms with Crippen LogP contribution in [0, 0.1) is 0 Å². The van der Waals surface area contributed by atoms with Gasteiger partial charge in [0.05, 0.1) is 6.54 Å². The molecule has 158 valence electrons. The molecule has 1 unspecified atom stereocenters. The number of nitrogens with one attached hydrogen (secondary N) is 2. The third kappa shape index (κ3) is 4.16.